The fraction of sp³-hybridized carbons (Fsp3) is 0.559. The average Bonchev–Trinajstić information content (AvgIpc) is 3.34. The molecule has 1 saturated heterocycles. The van der Waals surface area contributed by atoms with Crippen LogP contribution >= 0.6 is 11.8 Å². The standard InChI is InChI=1S/C34H43N3O3S/c38-31-19-18-29(33(39)36-31)37-21-28-27(34(37)40)12-7-13-30(28)41-22-24-16-14-23(15-17-24)20-35-32(25-8-3-1-4-9-25)26-10-5-2-6-11-26/h7,12-17,25-26,29,32,35H,1-6,8-11,18-22H2,(H,36,38,39). The fourth-order valence-electron chi connectivity index (χ4n) is 7.55. The van der Waals surface area contributed by atoms with Crippen LogP contribution in [-0.4, -0.2) is 34.7 Å². The van der Waals surface area contributed by atoms with Crippen molar-refractivity contribution in [2.45, 2.75) is 113 Å². The molecule has 2 aliphatic carbocycles. The lowest BCUT2D eigenvalue weighted by molar-refractivity contribution is -0.136. The van der Waals surface area contributed by atoms with Crippen molar-refractivity contribution in [3.8, 4) is 0 Å². The molecular formula is C34H43N3O3S. The molecule has 2 aliphatic heterocycles. The second-order valence-corrected chi connectivity index (χ2v) is 13.5. The Labute approximate surface area is 248 Å². The number of hydrogen-bond donors (Lipinski definition) is 2. The summed E-state index contributed by atoms with van der Waals surface area (Å²) in [5.74, 6) is 1.76. The van der Waals surface area contributed by atoms with E-state index in [2.05, 4.69) is 41.0 Å². The topological polar surface area (TPSA) is 78.5 Å². The van der Waals surface area contributed by atoms with Gasteiger partial charge in [-0.25, -0.2) is 0 Å². The molecule has 2 aromatic carbocycles. The van der Waals surface area contributed by atoms with E-state index in [1.807, 2.05) is 12.1 Å². The predicted octanol–water partition coefficient (Wildman–Crippen LogP) is 6.36. The molecule has 2 saturated carbocycles. The summed E-state index contributed by atoms with van der Waals surface area (Å²) in [5.41, 5.74) is 4.27. The lowest BCUT2D eigenvalue weighted by atomic mass is 9.73. The van der Waals surface area contributed by atoms with E-state index in [9.17, 15) is 14.4 Å². The van der Waals surface area contributed by atoms with Gasteiger partial charge < -0.3 is 10.2 Å². The summed E-state index contributed by atoms with van der Waals surface area (Å²) >= 11 is 1.74. The molecule has 2 aromatic rings. The van der Waals surface area contributed by atoms with Crippen molar-refractivity contribution >= 4 is 29.5 Å². The first-order chi connectivity index (χ1) is 20.1. The van der Waals surface area contributed by atoms with E-state index < -0.39 is 6.04 Å². The number of hydrogen-bond acceptors (Lipinski definition) is 5. The van der Waals surface area contributed by atoms with Crippen molar-refractivity contribution < 1.29 is 14.4 Å². The van der Waals surface area contributed by atoms with Gasteiger partial charge in [-0.05, 0) is 72.8 Å². The molecule has 1 unspecified atom stereocenters. The number of fused-ring (bicyclic) bond motifs is 1. The summed E-state index contributed by atoms with van der Waals surface area (Å²) in [4.78, 5) is 39.9. The van der Waals surface area contributed by atoms with Crippen LogP contribution < -0.4 is 10.6 Å². The number of carbonyl (C=O) groups excluding carboxylic acids is 3. The maximum Gasteiger partial charge on any atom is 0.255 e. The SMILES string of the molecule is O=C1CCC(N2Cc3c(SCc4ccc(CNC(C5CCCCC5)C5CCCCC5)cc4)cccc3C2=O)C(=O)N1. The van der Waals surface area contributed by atoms with Gasteiger partial charge in [0.1, 0.15) is 6.04 Å². The van der Waals surface area contributed by atoms with Gasteiger partial charge in [0.05, 0.1) is 0 Å². The van der Waals surface area contributed by atoms with Gasteiger partial charge in [-0.15, -0.1) is 11.8 Å². The third kappa shape index (κ3) is 6.56. The van der Waals surface area contributed by atoms with Gasteiger partial charge in [0, 0.05) is 41.8 Å². The molecule has 218 valence electrons. The molecule has 2 heterocycles. The van der Waals surface area contributed by atoms with Gasteiger partial charge in [0.2, 0.25) is 11.8 Å². The van der Waals surface area contributed by atoms with Gasteiger partial charge >= 0.3 is 0 Å². The molecule has 41 heavy (non-hydrogen) atoms. The molecule has 3 amide bonds. The summed E-state index contributed by atoms with van der Waals surface area (Å²) in [6.45, 7) is 1.35. The van der Waals surface area contributed by atoms with E-state index in [4.69, 9.17) is 0 Å². The van der Waals surface area contributed by atoms with Crippen molar-refractivity contribution in [1.82, 2.24) is 15.5 Å². The van der Waals surface area contributed by atoms with Crippen LogP contribution in [0.1, 0.15) is 104 Å². The van der Waals surface area contributed by atoms with E-state index in [1.165, 1.54) is 75.3 Å². The summed E-state index contributed by atoms with van der Waals surface area (Å²) in [7, 11) is 0. The lowest BCUT2D eigenvalue weighted by Gasteiger charge is -2.38. The van der Waals surface area contributed by atoms with Crippen LogP contribution in [0.15, 0.2) is 47.4 Å². The average molecular weight is 574 g/mol. The number of amides is 3. The van der Waals surface area contributed by atoms with Crippen molar-refractivity contribution in [1.29, 1.82) is 0 Å². The molecule has 3 fully saturated rings. The maximum atomic E-state index is 13.1. The van der Waals surface area contributed by atoms with Crippen molar-refractivity contribution in [3.05, 3.63) is 64.7 Å². The van der Waals surface area contributed by atoms with Crippen LogP contribution in [0.5, 0.6) is 0 Å². The van der Waals surface area contributed by atoms with Crippen molar-refractivity contribution in [2.24, 2.45) is 11.8 Å². The summed E-state index contributed by atoms with van der Waals surface area (Å²) in [5, 5.41) is 6.42. The maximum absolute atomic E-state index is 13.1. The quantitative estimate of drug-likeness (QED) is 0.270. The molecule has 0 bridgehead atoms. The number of carbonyl (C=O) groups is 3. The number of benzene rings is 2. The first kappa shape index (κ1) is 28.5. The number of imide groups is 1. The van der Waals surface area contributed by atoms with Crippen LogP contribution in [0.2, 0.25) is 0 Å². The molecule has 0 aromatic heterocycles. The summed E-state index contributed by atoms with van der Waals surface area (Å²) < 4.78 is 0. The number of rotatable bonds is 9. The molecule has 0 radical (unpaired) electrons. The van der Waals surface area contributed by atoms with Crippen LogP contribution in [-0.2, 0) is 28.4 Å². The largest absolute Gasteiger partial charge is 0.322 e. The molecule has 2 N–H and O–H groups in total. The zero-order valence-corrected chi connectivity index (χ0v) is 24.9. The van der Waals surface area contributed by atoms with E-state index in [1.54, 1.807) is 16.7 Å². The number of piperidine rings is 1. The zero-order valence-electron chi connectivity index (χ0n) is 24.0. The highest BCUT2D eigenvalue weighted by Crippen LogP contribution is 2.37. The summed E-state index contributed by atoms with van der Waals surface area (Å²) in [6.07, 6.45) is 14.6. The number of nitrogens with zero attached hydrogens (tertiary/aromatic N) is 1. The second kappa shape index (κ2) is 13.1. The molecule has 4 aliphatic rings. The normalized spacial score (nSPS) is 22.3. The Morgan fingerprint density at radius 2 is 1.49 bits per heavy atom. The number of nitrogens with one attached hydrogen (secondary N) is 2. The molecule has 7 heteroatoms. The monoisotopic (exact) mass is 573 g/mol. The third-order valence-corrected chi connectivity index (χ3v) is 11.0. The molecule has 1 atom stereocenters. The Hall–Kier alpha value is -2.64. The Morgan fingerprint density at radius 3 is 2.15 bits per heavy atom. The lowest BCUT2D eigenvalue weighted by Crippen LogP contribution is -2.52. The Kier molecular flexibility index (Phi) is 9.11. The highest BCUT2D eigenvalue weighted by atomic mass is 32.2. The third-order valence-electron chi connectivity index (χ3n) is 9.81. The van der Waals surface area contributed by atoms with Gasteiger partial charge in [-0.2, -0.15) is 0 Å². The summed E-state index contributed by atoms with van der Waals surface area (Å²) in [6, 6.07) is 14.9. The Morgan fingerprint density at radius 1 is 0.829 bits per heavy atom. The molecule has 0 spiro atoms. The van der Waals surface area contributed by atoms with E-state index >= 15 is 0 Å². The molecule has 6 rings (SSSR count). The van der Waals surface area contributed by atoms with Crippen LogP contribution in [0, 0.1) is 11.8 Å². The molecular weight excluding hydrogens is 530 g/mol. The highest BCUT2D eigenvalue weighted by Gasteiger charge is 2.40. The van der Waals surface area contributed by atoms with Gasteiger partial charge in [-0.1, -0.05) is 68.9 Å². The minimum Gasteiger partial charge on any atom is -0.322 e. The fourth-order valence-corrected chi connectivity index (χ4v) is 8.59. The first-order valence-electron chi connectivity index (χ1n) is 15.8. The smallest absolute Gasteiger partial charge is 0.255 e. The minimum absolute atomic E-state index is 0.117. The molecule has 6 nitrogen and oxygen atoms in total. The van der Waals surface area contributed by atoms with E-state index in [-0.39, 0.29) is 24.1 Å². The van der Waals surface area contributed by atoms with E-state index in [0.717, 1.165) is 34.6 Å². The Bertz CT molecular complexity index is 1230. The van der Waals surface area contributed by atoms with Crippen molar-refractivity contribution in [3.63, 3.8) is 0 Å². The highest BCUT2D eigenvalue weighted by molar-refractivity contribution is 7.98. The van der Waals surface area contributed by atoms with Crippen LogP contribution in [0.3, 0.4) is 0 Å². The van der Waals surface area contributed by atoms with Gasteiger partial charge in [0.15, 0.2) is 0 Å². The minimum atomic E-state index is -0.581. The zero-order chi connectivity index (χ0) is 28.2. The van der Waals surface area contributed by atoms with Crippen LogP contribution in [0.25, 0.3) is 0 Å². The first-order valence-corrected chi connectivity index (χ1v) is 16.8. The second-order valence-electron chi connectivity index (χ2n) is 12.5. The van der Waals surface area contributed by atoms with Crippen molar-refractivity contribution in [2.75, 3.05) is 0 Å². The van der Waals surface area contributed by atoms with Crippen LogP contribution in [0.4, 0.5) is 0 Å². The predicted molar refractivity (Wildman–Crippen MR) is 162 cm³/mol. The number of thioether (sulfide) groups is 1. The Balaban J connectivity index is 1.06. The van der Waals surface area contributed by atoms with E-state index in [0.29, 0.717) is 24.6 Å². The van der Waals surface area contributed by atoms with Gasteiger partial charge in [0.25, 0.3) is 5.91 Å². The van der Waals surface area contributed by atoms with Gasteiger partial charge in [-0.3, -0.25) is 19.7 Å².